The molecule has 0 spiro atoms. The summed E-state index contributed by atoms with van der Waals surface area (Å²) in [5.74, 6) is -2.06. The summed E-state index contributed by atoms with van der Waals surface area (Å²) in [4.78, 5) is 34.0. The summed E-state index contributed by atoms with van der Waals surface area (Å²) in [6.45, 7) is 9.99. The second-order valence-electron chi connectivity index (χ2n) is 4.13. The van der Waals surface area contributed by atoms with Crippen LogP contribution in [0.4, 0.5) is 0 Å². The molecule has 0 saturated heterocycles. The highest BCUT2D eigenvalue weighted by Gasteiger charge is 2.31. The van der Waals surface area contributed by atoms with Crippen molar-refractivity contribution in [3.05, 3.63) is 12.2 Å². The van der Waals surface area contributed by atoms with Crippen LogP contribution < -0.4 is 5.32 Å². The first kappa shape index (κ1) is 13.5. The molecular weight excluding hydrogens is 194 g/mol. The zero-order valence-electron chi connectivity index (χ0n) is 9.64. The fourth-order valence-electron chi connectivity index (χ4n) is 0.734. The maximum absolute atomic E-state index is 11.6. The molecule has 0 aliphatic carbocycles. The highest BCUT2D eigenvalue weighted by Crippen LogP contribution is 2.20. The van der Waals surface area contributed by atoms with Crippen LogP contribution in [0, 0.1) is 5.41 Å². The van der Waals surface area contributed by atoms with Crippen LogP contribution in [0.1, 0.15) is 34.1 Å². The normalized spacial score (nSPS) is 10.7. The van der Waals surface area contributed by atoms with Gasteiger partial charge in [0.05, 0.1) is 0 Å². The Hall–Kier alpha value is -1.45. The number of hydrogen-bond acceptors (Lipinski definition) is 3. The van der Waals surface area contributed by atoms with Gasteiger partial charge in [-0.15, -0.1) is 0 Å². The molecule has 1 N–H and O–H groups in total. The minimum atomic E-state index is -0.866. The van der Waals surface area contributed by atoms with Crippen molar-refractivity contribution in [2.75, 3.05) is 0 Å². The zero-order chi connectivity index (χ0) is 12.2. The van der Waals surface area contributed by atoms with Crippen LogP contribution in [0.2, 0.25) is 0 Å². The standard InChI is InChI=1S/C11H17NO3/c1-6-11(4,5)8(13)10(15)12-9(14)7(2)3/h2,6H2,1,3-5H3,(H,12,14,15). The lowest BCUT2D eigenvalue weighted by atomic mass is 9.85. The van der Waals surface area contributed by atoms with Gasteiger partial charge in [-0.1, -0.05) is 27.4 Å². The van der Waals surface area contributed by atoms with E-state index in [0.29, 0.717) is 6.42 Å². The van der Waals surface area contributed by atoms with Gasteiger partial charge < -0.3 is 0 Å². The molecule has 0 unspecified atom stereocenters. The van der Waals surface area contributed by atoms with E-state index in [9.17, 15) is 14.4 Å². The molecule has 0 rings (SSSR count). The van der Waals surface area contributed by atoms with Crippen LogP contribution >= 0.6 is 0 Å². The average Bonchev–Trinajstić information content (AvgIpc) is 2.16. The molecule has 84 valence electrons. The molecule has 0 aliphatic rings. The number of imide groups is 1. The van der Waals surface area contributed by atoms with Crippen molar-refractivity contribution in [2.45, 2.75) is 34.1 Å². The number of nitrogens with one attached hydrogen (secondary N) is 1. The van der Waals surface area contributed by atoms with E-state index in [-0.39, 0.29) is 5.57 Å². The van der Waals surface area contributed by atoms with Crippen molar-refractivity contribution in [1.82, 2.24) is 5.32 Å². The van der Waals surface area contributed by atoms with Crippen LogP contribution in [0.15, 0.2) is 12.2 Å². The summed E-state index contributed by atoms with van der Waals surface area (Å²) < 4.78 is 0. The second-order valence-corrected chi connectivity index (χ2v) is 4.13. The average molecular weight is 211 g/mol. The second kappa shape index (κ2) is 4.87. The van der Waals surface area contributed by atoms with Gasteiger partial charge in [-0.3, -0.25) is 19.7 Å². The van der Waals surface area contributed by atoms with Crippen LogP contribution in [0.3, 0.4) is 0 Å². The van der Waals surface area contributed by atoms with E-state index < -0.39 is 23.0 Å². The number of amides is 2. The summed E-state index contributed by atoms with van der Waals surface area (Å²) in [7, 11) is 0. The first-order valence-corrected chi connectivity index (χ1v) is 4.78. The molecule has 0 radical (unpaired) electrons. The Balaban J connectivity index is 4.55. The Labute approximate surface area is 89.7 Å². The number of carbonyl (C=O) groups is 3. The molecule has 0 fully saturated rings. The van der Waals surface area contributed by atoms with E-state index in [1.165, 1.54) is 6.92 Å². The number of ketones is 1. The molecule has 0 atom stereocenters. The van der Waals surface area contributed by atoms with E-state index in [2.05, 4.69) is 6.58 Å². The molecule has 0 saturated carbocycles. The Bertz CT molecular complexity index is 316. The van der Waals surface area contributed by atoms with E-state index in [1.54, 1.807) is 13.8 Å². The summed E-state index contributed by atoms with van der Waals surface area (Å²) in [5.41, 5.74) is -0.537. The third kappa shape index (κ3) is 3.65. The monoisotopic (exact) mass is 211 g/mol. The SMILES string of the molecule is C=C(C)C(=O)NC(=O)C(=O)C(C)(C)CC. The van der Waals surface area contributed by atoms with Crippen LogP contribution in [-0.4, -0.2) is 17.6 Å². The Morgan fingerprint density at radius 1 is 1.20 bits per heavy atom. The molecule has 15 heavy (non-hydrogen) atoms. The Kier molecular flexibility index (Phi) is 4.40. The molecule has 0 aliphatic heterocycles. The smallest absolute Gasteiger partial charge is 0.288 e. The third-order valence-corrected chi connectivity index (χ3v) is 2.32. The van der Waals surface area contributed by atoms with Gasteiger partial charge in [0.25, 0.3) is 11.8 Å². The van der Waals surface area contributed by atoms with Crippen LogP contribution in [0.5, 0.6) is 0 Å². The highest BCUT2D eigenvalue weighted by molar-refractivity contribution is 6.41. The largest absolute Gasteiger partial charge is 0.294 e. The summed E-state index contributed by atoms with van der Waals surface area (Å²) >= 11 is 0. The van der Waals surface area contributed by atoms with E-state index in [0.717, 1.165) is 0 Å². The maximum atomic E-state index is 11.6. The van der Waals surface area contributed by atoms with Gasteiger partial charge in [0.15, 0.2) is 0 Å². The molecule has 2 amide bonds. The quantitative estimate of drug-likeness (QED) is 0.561. The van der Waals surface area contributed by atoms with Crippen molar-refractivity contribution in [3.8, 4) is 0 Å². The predicted octanol–water partition coefficient (Wildman–Crippen LogP) is 1.21. The maximum Gasteiger partial charge on any atom is 0.294 e. The van der Waals surface area contributed by atoms with Crippen molar-refractivity contribution < 1.29 is 14.4 Å². The highest BCUT2D eigenvalue weighted by atomic mass is 16.2. The molecule has 0 aromatic heterocycles. The Morgan fingerprint density at radius 3 is 2.00 bits per heavy atom. The predicted molar refractivity (Wildman–Crippen MR) is 57.0 cm³/mol. The lowest BCUT2D eigenvalue weighted by Crippen LogP contribution is -2.42. The van der Waals surface area contributed by atoms with Crippen molar-refractivity contribution >= 4 is 17.6 Å². The molecule has 0 bridgehead atoms. The van der Waals surface area contributed by atoms with Gasteiger partial charge >= 0.3 is 0 Å². The third-order valence-electron chi connectivity index (χ3n) is 2.32. The number of carbonyl (C=O) groups excluding carboxylic acids is 3. The lowest BCUT2D eigenvalue weighted by Gasteiger charge is -2.19. The van der Waals surface area contributed by atoms with Crippen molar-refractivity contribution in [3.63, 3.8) is 0 Å². The van der Waals surface area contributed by atoms with E-state index in [4.69, 9.17) is 0 Å². The van der Waals surface area contributed by atoms with Gasteiger partial charge in [0.1, 0.15) is 0 Å². The molecule has 0 heterocycles. The number of Topliss-reactive ketones (excluding diaryl/α,β-unsaturated/α-hetero) is 1. The Morgan fingerprint density at radius 2 is 1.67 bits per heavy atom. The minimum absolute atomic E-state index is 0.199. The van der Waals surface area contributed by atoms with Gasteiger partial charge in [0.2, 0.25) is 5.78 Å². The first-order chi connectivity index (χ1) is 6.72. The van der Waals surface area contributed by atoms with Crippen molar-refractivity contribution in [2.24, 2.45) is 5.41 Å². The number of hydrogen-bond donors (Lipinski definition) is 1. The summed E-state index contributed by atoms with van der Waals surface area (Å²) in [6, 6.07) is 0. The first-order valence-electron chi connectivity index (χ1n) is 4.78. The molecular formula is C11H17NO3. The summed E-state index contributed by atoms with van der Waals surface area (Å²) in [6.07, 6.45) is 0.542. The van der Waals surface area contributed by atoms with Gasteiger partial charge in [-0.25, -0.2) is 0 Å². The minimum Gasteiger partial charge on any atom is -0.288 e. The molecule has 0 aromatic carbocycles. The summed E-state index contributed by atoms with van der Waals surface area (Å²) in [5, 5.41) is 1.99. The van der Waals surface area contributed by atoms with E-state index >= 15 is 0 Å². The van der Waals surface area contributed by atoms with E-state index in [1.807, 2.05) is 12.2 Å². The van der Waals surface area contributed by atoms with Gasteiger partial charge in [-0.05, 0) is 13.3 Å². The van der Waals surface area contributed by atoms with Crippen LogP contribution in [-0.2, 0) is 14.4 Å². The zero-order valence-corrected chi connectivity index (χ0v) is 9.64. The fraction of sp³-hybridized carbons (Fsp3) is 0.545. The molecule has 0 aromatic rings. The van der Waals surface area contributed by atoms with Crippen LogP contribution in [0.25, 0.3) is 0 Å². The fourth-order valence-corrected chi connectivity index (χ4v) is 0.734. The lowest BCUT2D eigenvalue weighted by molar-refractivity contribution is -0.144. The molecule has 4 nitrogen and oxygen atoms in total. The van der Waals surface area contributed by atoms with Crippen molar-refractivity contribution in [1.29, 1.82) is 0 Å². The van der Waals surface area contributed by atoms with Gasteiger partial charge in [0, 0.05) is 11.0 Å². The molecule has 4 heteroatoms. The van der Waals surface area contributed by atoms with Gasteiger partial charge in [-0.2, -0.15) is 0 Å². The topological polar surface area (TPSA) is 63.2 Å². The number of rotatable bonds is 4.